The standard InChI is InChI=1S/C20H24N4O5S/c1-29-20(12-25)7-9-23(10-8-20)19-16(30(2,27)28)11-13(17(21)26)18-22-14-5-3-4-6-15(14)24(18)19/h3-6,11,25H,7-10,12H2,1-2H3,(H2,21,26). The van der Waals surface area contributed by atoms with Crippen LogP contribution in [-0.4, -0.2) is 67.5 Å². The number of carbonyl (C=O) groups is 1. The third kappa shape index (κ3) is 3.21. The molecule has 160 valence electrons. The molecule has 1 aromatic carbocycles. The molecule has 1 saturated heterocycles. The van der Waals surface area contributed by atoms with Crippen LogP contribution in [0.4, 0.5) is 5.82 Å². The summed E-state index contributed by atoms with van der Waals surface area (Å²) in [5.74, 6) is -0.307. The van der Waals surface area contributed by atoms with Crippen LogP contribution in [0, 0.1) is 0 Å². The average Bonchev–Trinajstić information content (AvgIpc) is 3.11. The number of nitrogens with zero attached hydrogens (tertiary/aromatic N) is 3. The highest BCUT2D eigenvalue weighted by atomic mass is 32.2. The number of primary amides is 1. The van der Waals surface area contributed by atoms with Gasteiger partial charge in [-0.25, -0.2) is 13.4 Å². The van der Waals surface area contributed by atoms with Gasteiger partial charge in [0.25, 0.3) is 5.91 Å². The van der Waals surface area contributed by atoms with Crippen molar-refractivity contribution >= 4 is 38.2 Å². The fourth-order valence-corrected chi connectivity index (χ4v) is 4.98. The van der Waals surface area contributed by atoms with Crippen molar-refractivity contribution < 1.29 is 23.1 Å². The van der Waals surface area contributed by atoms with Crippen molar-refractivity contribution in [3.8, 4) is 0 Å². The fourth-order valence-electron chi connectivity index (χ4n) is 4.10. The normalized spacial score (nSPS) is 17.0. The summed E-state index contributed by atoms with van der Waals surface area (Å²) < 4.78 is 32.7. The number of rotatable bonds is 5. The maximum atomic E-state index is 12.7. The van der Waals surface area contributed by atoms with Crippen molar-refractivity contribution in [3.63, 3.8) is 0 Å². The maximum Gasteiger partial charge on any atom is 0.252 e. The van der Waals surface area contributed by atoms with E-state index in [1.807, 2.05) is 23.1 Å². The summed E-state index contributed by atoms with van der Waals surface area (Å²) in [6, 6.07) is 8.60. The summed E-state index contributed by atoms with van der Waals surface area (Å²) in [7, 11) is -2.13. The van der Waals surface area contributed by atoms with Gasteiger partial charge >= 0.3 is 0 Å². The number of methoxy groups -OCH3 is 1. The summed E-state index contributed by atoms with van der Waals surface area (Å²) in [5, 5.41) is 9.75. The number of carbonyl (C=O) groups excluding carboxylic acids is 1. The number of pyridine rings is 1. The third-order valence-corrected chi connectivity index (χ3v) is 6.97. The number of hydrogen-bond acceptors (Lipinski definition) is 7. The molecule has 30 heavy (non-hydrogen) atoms. The van der Waals surface area contributed by atoms with E-state index in [1.165, 1.54) is 6.07 Å². The van der Waals surface area contributed by atoms with Crippen LogP contribution >= 0.6 is 0 Å². The SMILES string of the molecule is COC1(CO)CCN(c2c(S(C)(=O)=O)cc(C(N)=O)c3nc4ccccc4n23)CC1. The molecule has 0 radical (unpaired) electrons. The van der Waals surface area contributed by atoms with E-state index in [2.05, 4.69) is 4.98 Å². The van der Waals surface area contributed by atoms with E-state index in [1.54, 1.807) is 17.6 Å². The van der Waals surface area contributed by atoms with Gasteiger partial charge in [-0.05, 0) is 31.0 Å². The molecule has 0 saturated carbocycles. The van der Waals surface area contributed by atoms with Crippen molar-refractivity contribution in [1.29, 1.82) is 0 Å². The van der Waals surface area contributed by atoms with Crippen LogP contribution in [0.25, 0.3) is 16.7 Å². The number of piperidine rings is 1. The first-order chi connectivity index (χ1) is 14.2. The Morgan fingerprint density at radius 1 is 1.30 bits per heavy atom. The molecule has 1 amide bonds. The van der Waals surface area contributed by atoms with Gasteiger partial charge in [0.05, 0.1) is 28.8 Å². The number of hydrogen-bond donors (Lipinski definition) is 2. The molecule has 0 bridgehead atoms. The highest BCUT2D eigenvalue weighted by Crippen LogP contribution is 2.36. The van der Waals surface area contributed by atoms with Gasteiger partial charge in [-0.2, -0.15) is 0 Å². The van der Waals surface area contributed by atoms with E-state index in [-0.39, 0.29) is 17.1 Å². The van der Waals surface area contributed by atoms with Crippen LogP contribution in [0.1, 0.15) is 23.2 Å². The van der Waals surface area contributed by atoms with Crippen LogP contribution in [0.3, 0.4) is 0 Å². The number of nitrogens with two attached hydrogens (primary N) is 1. The molecule has 0 unspecified atom stereocenters. The topological polar surface area (TPSA) is 127 Å². The lowest BCUT2D eigenvalue weighted by atomic mass is 9.92. The molecule has 3 N–H and O–H groups in total. The zero-order valence-electron chi connectivity index (χ0n) is 16.8. The molecule has 3 heterocycles. The van der Waals surface area contributed by atoms with Crippen LogP contribution in [0.15, 0.2) is 35.2 Å². The summed E-state index contributed by atoms with van der Waals surface area (Å²) >= 11 is 0. The van der Waals surface area contributed by atoms with Gasteiger partial charge in [0.1, 0.15) is 10.7 Å². The lowest BCUT2D eigenvalue weighted by Crippen LogP contribution is -2.48. The van der Waals surface area contributed by atoms with Crippen molar-refractivity contribution in [3.05, 3.63) is 35.9 Å². The number of amides is 1. The van der Waals surface area contributed by atoms with E-state index in [4.69, 9.17) is 10.5 Å². The van der Waals surface area contributed by atoms with Gasteiger partial charge in [-0.15, -0.1) is 0 Å². The Kier molecular flexibility index (Phi) is 4.95. The number of sulfone groups is 1. The van der Waals surface area contributed by atoms with E-state index in [9.17, 15) is 18.3 Å². The minimum atomic E-state index is -3.70. The predicted octanol–water partition coefficient (Wildman–Crippen LogP) is 0.968. The maximum absolute atomic E-state index is 12.7. The van der Waals surface area contributed by atoms with Gasteiger partial charge in [0.15, 0.2) is 15.5 Å². The molecule has 3 aromatic rings. The molecule has 1 aliphatic heterocycles. The number of ether oxygens (including phenoxy) is 1. The van der Waals surface area contributed by atoms with Crippen LogP contribution in [0.5, 0.6) is 0 Å². The summed E-state index contributed by atoms with van der Waals surface area (Å²) in [6.07, 6.45) is 2.16. The fraction of sp³-hybridized carbons (Fsp3) is 0.400. The first kappa shape index (κ1) is 20.6. The van der Waals surface area contributed by atoms with E-state index >= 15 is 0 Å². The number of para-hydroxylation sites is 2. The number of fused-ring (bicyclic) bond motifs is 3. The van der Waals surface area contributed by atoms with Crippen molar-refractivity contribution in [2.24, 2.45) is 5.73 Å². The molecule has 4 rings (SSSR count). The molecule has 1 fully saturated rings. The lowest BCUT2D eigenvalue weighted by Gasteiger charge is -2.41. The predicted molar refractivity (Wildman–Crippen MR) is 113 cm³/mol. The Bertz CT molecular complexity index is 1240. The second kappa shape index (κ2) is 7.22. The van der Waals surface area contributed by atoms with Gasteiger partial charge in [0.2, 0.25) is 0 Å². The number of anilines is 1. The molecule has 10 heteroatoms. The third-order valence-electron chi connectivity index (χ3n) is 5.87. The van der Waals surface area contributed by atoms with E-state index in [0.29, 0.717) is 48.4 Å². The highest BCUT2D eigenvalue weighted by molar-refractivity contribution is 7.90. The largest absolute Gasteiger partial charge is 0.393 e. The van der Waals surface area contributed by atoms with Gasteiger partial charge in [-0.1, -0.05) is 12.1 Å². The van der Waals surface area contributed by atoms with Crippen LogP contribution in [-0.2, 0) is 14.6 Å². The quantitative estimate of drug-likeness (QED) is 0.615. The Hall–Kier alpha value is -2.69. The molecular formula is C20H24N4O5S. The molecule has 0 spiro atoms. The summed E-state index contributed by atoms with van der Waals surface area (Å²) in [6.45, 7) is 0.823. The van der Waals surface area contributed by atoms with E-state index < -0.39 is 21.3 Å². The molecular weight excluding hydrogens is 408 g/mol. The summed E-state index contributed by atoms with van der Waals surface area (Å²) in [4.78, 5) is 18.6. The number of benzene rings is 1. The molecule has 0 atom stereocenters. The lowest BCUT2D eigenvalue weighted by molar-refractivity contribution is -0.0674. The minimum absolute atomic E-state index is 0.0147. The number of imidazole rings is 1. The Balaban J connectivity index is 2.03. The molecule has 2 aromatic heterocycles. The first-order valence-corrected chi connectivity index (χ1v) is 11.4. The Morgan fingerprint density at radius 3 is 2.53 bits per heavy atom. The zero-order chi connectivity index (χ0) is 21.7. The monoisotopic (exact) mass is 432 g/mol. The van der Waals surface area contributed by atoms with E-state index in [0.717, 1.165) is 6.26 Å². The van der Waals surface area contributed by atoms with Crippen molar-refractivity contribution in [1.82, 2.24) is 9.38 Å². The molecule has 9 nitrogen and oxygen atoms in total. The van der Waals surface area contributed by atoms with Gasteiger partial charge in [0, 0.05) is 26.5 Å². The van der Waals surface area contributed by atoms with Gasteiger partial charge < -0.3 is 20.5 Å². The van der Waals surface area contributed by atoms with Crippen LogP contribution < -0.4 is 10.6 Å². The first-order valence-electron chi connectivity index (χ1n) is 9.56. The van der Waals surface area contributed by atoms with Gasteiger partial charge in [-0.3, -0.25) is 9.20 Å². The zero-order valence-corrected chi connectivity index (χ0v) is 17.6. The molecule has 0 aliphatic carbocycles. The average molecular weight is 433 g/mol. The minimum Gasteiger partial charge on any atom is -0.393 e. The summed E-state index contributed by atoms with van der Waals surface area (Å²) in [5.41, 5.74) is 6.60. The Labute approximate surface area is 174 Å². The number of aliphatic hydroxyl groups excluding tert-OH is 1. The van der Waals surface area contributed by atoms with Crippen molar-refractivity contribution in [2.45, 2.75) is 23.3 Å². The van der Waals surface area contributed by atoms with Crippen molar-refractivity contribution in [2.75, 3.05) is 38.0 Å². The second-order valence-electron chi connectivity index (χ2n) is 7.67. The highest BCUT2D eigenvalue weighted by Gasteiger charge is 2.36. The molecule has 1 aliphatic rings. The number of aromatic nitrogens is 2. The Morgan fingerprint density at radius 2 is 1.97 bits per heavy atom. The second-order valence-corrected chi connectivity index (χ2v) is 9.66. The smallest absolute Gasteiger partial charge is 0.252 e. The van der Waals surface area contributed by atoms with Crippen LogP contribution in [0.2, 0.25) is 0 Å². The number of aliphatic hydroxyl groups is 1.